The van der Waals surface area contributed by atoms with Crippen molar-refractivity contribution >= 4 is 22.9 Å². The number of fused-ring (bicyclic) bond motifs is 1. The summed E-state index contributed by atoms with van der Waals surface area (Å²) in [5.74, 6) is 3.95. The second-order valence-electron chi connectivity index (χ2n) is 11.3. The van der Waals surface area contributed by atoms with Crippen LogP contribution in [0.15, 0.2) is 13.8 Å². The van der Waals surface area contributed by atoms with E-state index >= 15 is 0 Å². The smallest absolute Gasteiger partial charge is 0.365 e. The molecule has 13 nitrogen and oxygen atoms in total. The first-order valence-corrected chi connectivity index (χ1v) is 14.0. The molecule has 0 amide bonds. The Morgan fingerprint density at radius 3 is 2.46 bits per heavy atom. The summed E-state index contributed by atoms with van der Waals surface area (Å²) in [6.45, 7) is 9.08. The first-order valence-electron chi connectivity index (χ1n) is 14.0. The average molecular weight is 537 g/mol. The molecule has 0 spiro atoms. The van der Waals surface area contributed by atoms with Gasteiger partial charge < -0.3 is 24.2 Å². The number of rotatable bonds is 9. The SMILES string of the molecule is Cc1noc(C(C)Nc2nc3nc(-c4nc(=O)o[nH]4)nc(N[C@H](C)C4CCC4)c3n2CC2CCC(C)CC2)n1. The lowest BCUT2D eigenvalue weighted by Crippen LogP contribution is -2.31. The minimum Gasteiger partial charge on any atom is -0.365 e. The van der Waals surface area contributed by atoms with Gasteiger partial charge >= 0.3 is 5.76 Å². The molecule has 6 rings (SSSR count). The Hall–Kier alpha value is -3.77. The summed E-state index contributed by atoms with van der Waals surface area (Å²) in [6.07, 6.45) is 8.42. The van der Waals surface area contributed by atoms with E-state index in [0.717, 1.165) is 18.0 Å². The maximum atomic E-state index is 11.7. The lowest BCUT2D eigenvalue weighted by Gasteiger charge is -2.32. The van der Waals surface area contributed by atoms with Crippen LogP contribution in [0.5, 0.6) is 0 Å². The highest BCUT2D eigenvalue weighted by molar-refractivity contribution is 5.87. The zero-order valence-electron chi connectivity index (χ0n) is 22.9. The van der Waals surface area contributed by atoms with E-state index in [2.05, 4.69) is 49.3 Å². The van der Waals surface area contributed by atoms with Gasteiger partial charge in [0, 0.05) is 12.6 Å². The summed E-state index contributed by atoms with van der Waals surface area (Å²) in [5, 5.41) is 13.6. The summed E-state index contributed by atoms with van der Waals surface area (Å²) in [4.78, 5) is 34.4. The number of anilines is 2. The highest BCUT2D eigenvalue weighted by Crippen LogP contribution is 2.36. The van der Waals surface area contributed by atoms with Crippen molar-refractivity contribution in [2.24, 2.45) is 17.8 Å². The highest BCUT2D eigenvalue weighted by atomic mass is 16.5. The van der Waals surface area contributed by atoms with Crippen molar-refractivity contribution in [3.63, 3.8) is 0 Å². The number of aromatic nitrogens is 8. The summed E-state index contributed by atoms with van der Waals surface area (Å²) in [6, 6.07) is -0.0468. The third-order valence-electron chi connectivity index (χ3n) is 8.31. The van der Waals surface area contributed by atoms with E-state index in [1.54, 1.807) is 6.92 Å². The molecule has 1 unspecified atom stereocenters. The van der Waals surface area contributed by atoms with E-state index < -0.39 is 5.76 Å². The van der Waals surface area contributed by atoms with Gasteiger partial charge in [-0.05, 0) is 64.2 Å². The quantitative estimate of drug-likeness (QED) is 0.276. The number of H-pyrrole nitrogens is 1. The average Bonchev–Trinajstić information content (AvgIpc) is 3.58. The molecular weight excluding hydrogens is 500 g/mol. The number of aromatic amines is 1. The van der Waals surface area contributed by atoms with E-state index in [9.17, 15) is 4.79 Å². The van der Waals surface area contributed by atoms with Crippen molar-refractivity contribution in [3.05, 3.63) is 22.3 Å². The maximum Gasteiger partial charge on any atom is 0.460 e. The van der Waals surface area contributed by atoms with Gasteiger partial charge in [0.05, 0.1) is 0 Å². The van der Waals surface area contributed by atoms with Crippen LogP contribution in [0.4, 0.5) is 11.8 Å². The van der Waals surface area contributed by atoms with Crippen LogP contribution in [0, 0.1) is 24.7 Å². The van der Waals surface area contributed by atoms with Crippen LogP contribution in [0.3, 0.4) is 0 Å². The number of nitrogens with one attached hydrogen (secondary N) is 3. The van der Waals surface area contributed by atoms with Gasteiger partial charge in [0.1, 0.15) is 11.6 Å². The molecular formula is C26H36N10O3. The standard InChI is InChI=1S/C26H36N10O3/c1-13-8-10-17(11-9-13)12-36-19-20(27-14(2)18-6-5-7-18)30-22(23-33-26(37)39-35-23)31-21(19)32-25(36)28-15(3)24-29-16(4)34-38-24/h13-15,17-18H,5-12H2,1-4H3,(H,33,35,37)(H2,27,28,30,31,32)/t13?,14-,15?,17?/m1/s1. The van der Waals surface area contributed by atoms with Gasteiger partial charge in [-0.2, -0.15) is 15.1 Å². The van der Waals surface area contributed by atoms with Gasteiger partial charge in [-0.15, -0.1) is 4.98 Å². The monoisotopic (exact) mass is 536 g/mol. The summed E-state index contributed by atoms with van der Waals surface area (Å²) < 4.78 is 12.4. The minimum absolute atomic E-state index is 0.168. The first-order chi connectivity index (χ1) is 18.8. The number of nitrogens with zero attached hydrogens (tertiary/aromatic N) is 7. The first kappa shape index (κ1) is 25.5. The van der Waals surface area contributed by atoms with Crippen molar-refractivity contribution in [2.75, 3.05) is 10.6 Å². The van der Waals surface area contributed by atoms with E-state index in [4.69, 9.17) is 24.0 Å². The fraction of sp³-hybridized carbons (Fsp3) is 0.654. The second-order valence-corrected chi connectivity index (χ2v) is 11.3. The zero-order valence-corrected chi connectivity index (χ0v) is 22.9. The molecule has 0 bridgehead atoms. The number of imidazole rings is 1. The Labute approximate surface area is 225 Å². The predicted molar refractivity (Wildman–Crippen MR) is 144 cm³/mol. The van der Waals surface area contributed by atoms with Gasteiger partial charge in [-0.25, -0.2) is 14.8 Å². The minimum atomic E-state index is -0.728. The van der Waals surface area contributed by atoms with E-state index in [1.165, 1.54) is 44.9 Å². The molecule has 0 aliphatic heterocycles. The van der Waals surface area contributed by atoms with Crippen LogP contribution >= 0.6 is 0 Å². The van der Waals surface area contributed by atoms with Crippen LogP contribution in [0.1, 0.15) is 83.5 Å². The Kier molecular flexibility index (Phi) is 6.81. The Bertz CT molecular complexity index is 1490. The van der Waals surface area contributed by atoms with Gasteiger partial charge in [-0.1, -0.05) is 31.3 Å². The summed E-state index contributed by atoms with van der Waals surface area (Å²) in [7, 11) is 0. The van der Waals surface area contributed by atoms with Gasteiger partial charge in [-0.3, -0.25) is 0 Å². The Morgan fingerprint density at radius 1 is 1.03 bits per heavy atom. The summed E-state index contributed by atoms with van der Waals surface area (Å²) >= 11 is 0. The second kappa shape index (κ2) is 10.4. The maximum absolute atomic E-state index is 11.7. The van der Waals surface area contributed by atoms with E-state index in [1.807, 2.05) is 6.92 Å². The highest BCUT2D eigenvalue weighted by Gasteiger charge is 2.29. The van der Waals surface area contributed by atoms with Gasteiger partial charge in [0.25, 0.3) is 0 Å². The summed E-state index contributed by atoms with van der Waals surface area (Å²) in [5.41, 5.74) is 1.33. The topological polar surface area (TPSA) is 165 Å². The van der Waals surface area contributed by atoms with Crippen LogP contribution in [0.2, 0.25) is 0 Å². The van der Waals surface area contributed by atoms with Crippen molar-refractivity contribution < 1.29 is 9.05 Å². The predicted octanol–water partition coefficient (Wildman–Crippen LogP) is 4.46. The molecule has 39 heavy (non-hydrogen) atoms. The van der Waals surface area contributed by atoms with Crippen molar-refractivity contribution in [1.29, 1.82) is 0 Å². The fourth-order valence-electron chi connectivity index (χ4n) is 5.64. The lowest BCUT2D eigenvalue weighted by molar-refractivity contribution is 0.267. The lowest BCUT2D eigenvalue weighted by atomic mass is 9.80. The molecule has 0 radical (unpaired) electrons. The van der Waals surface area contributed by atoms with Crippen LogP contribution in [-0.4, -0.2) is 45.8 Å². The van der Waals surface area contributed by atoms with Gasteiger partial charge in [0.2, 0.25) is 23.5 Å². The van der Waals surface area contributed by atoms with Gasteiger partial charge in [0.15, 0.2) is 17.3 Å². The molecule has 208 valence electrons. The molecule has 2 aliphatic rings. The molecule has 2 atom stereocenters. The third-order valence-corrected chi connectivity index (χ3v) is 8.31. The molecule has 4 aromatic rings. The third kappa shape index (κ3) is 5.26. The molecule has 0 saturated heterocycles. The Balaban J connectivity index is 1.45. The number of aryl methyl sites for hydroxylation is 1. The van der Waals surface area contributed by atoms with Crippen LogP contribution < -0.4 is 16.4 Å². The molecule has 3 N–H and O–H groups in total. The van der Waals surface area contributed by atoms with Crippen LogP contribution in [0.25, 0.3) is 22.8 Å². The molecule has 13 heteroatoms. The largest absolute Gasteiger partial charge is 0.460 e. The zero-order chi connectivity index (χ0) is 27.1. The number of hydrogen-bond acceptors (Lipinski definition) is 11. The molecule has 2 aliphatic carbocycles. The molecule has 4 heterocycles. The molecule has 2 saturated carbocycles. The molecule has 2 fully saturated rings. The molecule has 4 aromatic heterocycles. The normalized spacial score (nSPS) is 21.5. The van der Waals surface area contributed by atoms with Crippen molar-refractivity contribution in [1.82, 2.24) is 39.8 Å². The van der Waals surface area contributed by atoms with E-state index in [0.29, 0.717) is 41.0 Å². The van der Waals surface area contributed by atoms with Crippen molar-refractivity contribution in [3.8, 4) is 11.6 Å². The molecule has 0 aromatic carbocycles. The number of hydrogen-bond donors (Lipinski definition) is 3. The Morgan fingerprint density at radius 2 is 1.82 bits per heavy atom. The van der Waals surface area contributed by atoms with E-state index in [-0.39, 0.29) is 23.7 Å². The fourth-order valence-corrected chi connectivity index (χ4v) is 5.64. The van der Waals surface area contributed by atoms with Crippen molar-refractivity contribution in [2.45, 2.75) is 91.3 Å². The van der Waals surface area contributed by atoms with Crippen LogP contribution in [-0.2, 0) is 6.54 Å².